The van der Waals surface area contributed by atoms with Crippen LogP contribution in [0.2, 0.25) is 0 Å². The van der Waals surface area contributed by atoms with Crippen LogP contribution < -0.4 is 0 Å². The molecule has 0 spiro atoms. The number of amides is 1. The zero-order valence-electron chi connectivity index (χ0n) is 16.4. The second-order valence-electron chi connectivity index (χ2n) is 6.83. The number of hydrogen-bond donors (Lipinski definition) is 0. The third-order valence-electron chi connectivity index (χ3n) is 4.72. The highest BCUT2D eigenvalue weighted by Gasteiger charge is 2.31. The van der Waals surface area contributed by atoms with Gasteiger partial charge in [-0.2, -0.15) is 4.31 Å². The predicted octanol–water partition coefficient (Wildman–Crippen LogP) is 0.568. The van der Waals surface area contributed by atoms with Crippen molar-refractivity contribution in [1.82, 2.24) is 9.21 Å². The maximum atomic E-state index is 12.9. The minimum Gasteiger partial charge on any atom is -0.493 e. The van der Waals surface area contributed by atoms with Crippen LogP contribution in [-0.2, 0) is 33.8 Å². The van der Waals surface area contributed by atoms with E-state index >= 15 is 0 Å². The van der Waals surface area contributed by atoms with Crippen molar-refractivity contribution >= 4 is 21.9 Å². The van der Waals surface area contributed by atoms with Crippen LogP contribution in [-0.4, -0.2) is 75.5 Å². The lowest BCUT2D eigenvalue weighted by Crippen LogP contribution is -2.51. The molecule has 10 heteroatoms. The Morgan fingerprint density at radius 3 is 2.45 bits per heavy atom. The van der Waals surface area contributed by atoms with Gasteiger partial charge in [0.05, 0.1) is 4.90 Å². The van der Waals surface area contributed by atoms with Gasteiger partial charge in [0.2, 0.25) is 15.8 Å². The topological polar surface area (TPSA) is 102 Å². The third kappa shape index (κ3) is 4.88. The van der Waals surface area contributed by atoms with E-state index in [2.05, 4.69) is 0 Å². The van der Waals surface area contributed by atoms with Gasteiger partial charge in [0.15, 0.2) is 6.61 Å². The molecule has 158 valence electrons. The number of nitrogens with zero attached hydrogens (tertiary/aromatic N) is 2. The maximum absolute atomic E-state index is 12.9. The summed E-state index contributed by atoms with van der Waals surface area (Å²) < 4.78 is 42.2. The Bertz CT molecular complexity index is 918. The van der Waals surface area contributed by atoms with E-state index < -0.39 is 22.6 Å². The number of ether oxygens (including phenoxy) is 3. The monoisotopic (exact) mass is 424 g/mol. The molecule has 9 nitrogen and oxygen atoms in total. The van der Waals surface area contributed by atoms with Crippen LogP contribution >= 0.6 is 0 Å². The molecule has 2 aliphatic heterocycles. The number of piperazine rings is 1. The van der Waals surface area contributed by atoms with Crippen LogP contribution in [0.25, 0.3) is 0 Å². The molecular weight excluding hydrogens is 400 g/mol. The van der Waals surface area contributed by atoms with E-state index in [9.17, 15) is 18.0 Å². The van der Waals surface area contributed by atoms with Crippen molar-refractivity contribution in [2.45, 2.75) is 18.7 Å². The van der Waals surface area contributed by atoms with E-state index in [0.717, 1.165) is 11.8 Å². The summed E-state index contributed by atoms with van der Waals surface area (Å²) in [5, 5.41) is 0. The van der Waals surface area contributed by atoms with Gasteiger partial charge in [0, 0.05) is 26.2 Å². The highest BCUT2D eigenvalue weighted by molar-refractivity contribution is 7.89. The Hall–Kier alpha value is -2.59. The summed E-state index contributed by atoms with van der Waals surface area (Å²) in [5.74, 6) is -1.23. The Morgan fingerprint density at radius 1 is 1.10 bits per heavy atom. The lowest BCUT2D eigenvalue weighted by atomic mass is 10.2. The molecule has 1 aromatic rings. The van der Waals surface area contributed by atoms with Gasteiger partial charge in [0.1, 0.15) is 19.5 Å². The molecule has 0 bridgehead atoms. The number of rotatable bonds is 5. The van der Waals surface area contributed by atoms with Gasteiger partial charge in [-0.05, 0) is 25.5 Å². The Balaban J connectivity index is 1.53. The van der Waals surface area contributed by atoms with E-state index in [1.807, 2.05) is 13.0 Å². The summed E-state index contributed by atoms with van der Waals surface area (Å²) in [5.41, 5.74) is 1.69. The summed E-state index contributed by atoms with van der Waals surface area (Å²) in [6, 6.07) is 5.21. The number of benzene rings is 1. The molecule has 1 fully saturated rings. The SMILES string of the molecule is Cc1ccc(S(=O)(=O)N2CCN(C(=O)COC(=O)C3=COCCO3)CC2)c(C)c1. The lowest BCUT2D eigenvalue weighted by Gasteiger charge is -2.34. The number of carbonyl (C=O) groups excluding carboxylic acids is 2. The van der Waals surface area contributed by atoms with Crippen molar-refractivity contribution < 1.29 is 32.2 Å². The number of sulfonamides is 1. The fourth-order valence-corrected chi connectivity index (χ4v) is 4.80. The third-order valence-corrected chi connectivity index (χ3v) is 6.78. The van der Waals surface area contributed by atoms with Crippen molar-refractivity contribution in [3.63, 3.8) is 0 Å². The molecule has 2 aliphatic rings. The minimum absolute atomic E-state index is 0.0755. The first-order chi connectivity index (χ1) is 13.8. The molecule has 0 aliphatic carbocycles. The van der Waals surface area contributed by atoms with Crippen LogP contribution in [0.3, 0.4) is 0 Å². The summed E-state index contributed by atoms with van der Waals surface area (Å²) in [4.78, 5) is 25.9. The van der Waals surface area contributed by atoms with Crippen LogP contribution in [0, 0.1) is 13.8 Å². The van der Waals surface area contributed by atoms with Gasteiger partial charge >= 0.3 is 5.97 Å². The van der Waals surface area contributed by atoms with Gasteiger partial charge in [-0.25, -0.2) is 13.2 Å². The average Bonchev–Trinajstić information content (AvgIpc) is 2.72. The molecule has 0 radical (unpaired) electrons. The molecule has 1 saturated heterocycles. The van der Waals surface area contributed by atoms with E-state index in [0.29, 0.717) is 12.2 Å². The van der Waals surface area contributed by atoms with Crippen molar-refractivity contribution in [2.24, 2.45) is 0 Å². The average molecular weight is 424 g/mol. The second-order valence-corrected chi connectivity index (χ2v) is 8.74. The Kier molecular flexibility index (Phi) is 6.43. The largest absolute Gasteiger partial charge is 0.493 e. The number of esters is 1. The van der Waals surface area contributed by atoms with Gasteiger partial charge in [0.25, 0.3) is 5.91 Å². The van der Waals surface area contributed by atoms with Crippen LogP contribution in [0.15, 0.2) is 35.1 Å². The summed E-state index contributed by atoms with van der Waals surface area (Å²) in [6.45, 7) is 4.63. The standard InChI is InChI=1S/C19H24N2O7S/c1-14-3-4-17(15(2)11-14)29(24,25)21-7-5-20(6-8-21)18(22)13-28-19(23)16-12-26-9-10-27-16/h3-4,11-12H,5-10,13H2,1-2H3. The number of hydrogen-bond acceptors (Lipinski definition) is 7. The molecular formula is C19H24N2O7S. The van der Waals surface area contributed by atoms with E-state index in [1.54, 1.807) is 19.1 Å². The maximum Gasteiger partial charge on any atom is 0.377 e. The molecule has 2 heterocycles. The molecule has 3 rings (SSSR count). The smallest absolute Gasteiger partial charge is 0.377 e. The summed E-state index contributed by atoms with van der Waals surface area (Å²) in [6.07, 6.45) is 1.16. The Labute approximate surface area is 169 Å². The molecule has 29 heavy (non-hydrogen) atoms. The van der Waals surface area contributed by atoms with Crippen molar-refractivity contribution in [1.29, 1.82) is 0 Å². The molecule has 0 saturated carbocycles. The fraction of sp³-hybridized carbons (Fsp3) is 0.474. The van der Waals surface area contributed by atoms with Gasteiger partial charge in [-0.1, -0.05) is 17.7 Å². The first-order valence-corrected chi connectivity index (χ1v) is 10.7. The summed E-state index contributed by atoms with van der Waals surface area (Å²) in [7, 11) is -3.63. The fourth-order valence-electron chi connectivity index (χ4n) is 3.17. The molecule has 1 aromatic carbocycles. The number of aryl methyl sites for hydroxylation is 2. The zero-order chi connectivity index (χ0) is 21.0. The lowest BCUT2D eigenvalue weighted by molar-refractivity contribution is -0.153. The predicted molar refractivity (Wildman–Crippen MR) is 102 cm³/mol. The van der Waals surface area contributed by atoms with Crippen molar-refractivity contribution in [2.75, 3.05) is 46.0 Å². The van der Waals surface area contributed by atoms with E-state index in [1.165, 1.54) is 9.21 Å². The van der Waals surface area contributed by atoms with Gasteiger partial charge in [-0.3, -0.25) is 4.79 Å². The first-order valence-electron chi connectivity index (χ1n) is 9.26. The number of carbonyl (C=O) groups is 2. The normalized spacial score (nSPS) is 17.7. The van der Waals surface area contributed by atoms with Crippen LogP contribution in [0.5, 0.6) is 0 Å². The van der Waals surface area contributed by atoms with E-state index in [4.69, 9.17) is 14.2 Å². The summed E-state index contributed by atoms with van der Waals surface area (Å²) >= 11 is 0. The van der Waals surface area contributed by atoms with Crippen LogP contribution in [0.4, 0.5) is 0 Å². The highest BCUT2D eigenvalue weighted by Crippen LogP contribution is 2.22. The van der Waals surface area contributed by atoms with Crippen molar-refractivity contribution in [3.05, 3.63) is 41.3 Å². The van der Waals surface area contributed by atoms with Gasteiger partial charge < -0.3 is 19.1 Å². The first kappa shape index (κ1) is 21.1. The van der Waals surface area contributed by atoms with E-state index in [-0.39, 0.29) is 49.3 Å². The Morgan fingerprint density at radius 2 is 1.83 bits per heavy atom. The minimum atomic E-state index is -3.63. The quantitative estimate of drug-likeness (QED) is 0.637. The van der Waals surface area contributed by atoms with Crippen molar-refractivity contribution in [3.8, 4) is 0 Å². The zero-order valence-corrected chi connectivity index (χ0v) is 17.2. The molecule has 0 unspecified atom stereocenters. The van der Waals surface area contributed by atoms with Gasteiger partial charge in [-0.15, -0.1) is 0 Å². The van der Waals surface area contributed by atoms with Crippen LogP contribution in [0.1, 0.15) is 11.1 Å². The highest BCUT2D eigenvalue weighted by atomic mass is 32.2. The molecule has 1 amide bonds. The molecule has 0 aromatic heterocycles. The molecule has 0 N–H and O–H groups in total. The second kappa shape index (κ2) is 8.83. The molecule has 0 atom stereocenters.